The number of aryl methyl sites for hydroxylation is 1. The van der Waals surface area contributed by atoms with Gasteiger partial charge in [0.25, 0.3) is 5.91 Å². The van der Waals surface area contributed by atoms with Crippen LogP contribution in [0.1, 0.15) is 16.1 Å². The van der Waals surface area contributed by atoms with Crippen LogP contribution in [-0.4, -0.2) is 38.8 Å². The molecule has 1 aromatic carbocycles. The fourth-order valence-electron chi connectivity index (χ4n) is 2.06. The van der Waals surface area contributed by atoms with Crippen molar-refractivity contribution >= 4 is 39.1 Å². The summed E-state index contributed by atoms with van der Waals surface area (Å²) in [6.45, 7) is 1.34. The van der Waals surface area contributed by atoms with Crippen molar-refractivity contribution < 1.29 is 18.0 Å². The van der Waals surface area contributed by atoms with Crippen molar-refractivity contribution in [3.05, 3.63) is 52.8 Å². The Balaban J connectivity index is 2.02. The van der Waals surface area contributed by atoms with Crippen LogP contribution in [0.5, 0.6) is 0 Å². The van der Waals surface area contributed by atoms with E-state index in [1.165, 1.54) is 31.4 Å². The van der Waals surface area contributed by atoms with E-state index < -0.39 is 21.8 Å². The second-order valence-corrected chi connectivity index (χ2v) is 7.57. The van der Waals surface area contributed by atoms with Crippen molar-refractivity contribution in [3.8, 4) is 0 Å². The summed E-state index contributed by atoms with van der Waals surface area (Å²) in [6.07, 6.45) is 1.38. The number of pyridine rings is 1. The van der Waals surface area contributed by atoms with Crippen molar-refractivity contribution in [3.63, 3.8) is 0 Å². The van der Waals surface area contributed by atoms with Gasteiger partial charge in [-0.25, -0.2) is 13.1 Å². The van der Waals surface area contributed by atoms with Crippen molar-refractivity contribution in [2.75, 3.05) is 18.9 Å². The fraction of sp³-hybridized carbons (Fsp3) is 0.188. The standard InChI is InChI=1S/C16H17ClN4O4S/c1-10-3-4-12(8-14(10)26(24,25)18-2)21-15(22)9-20-16(23)13-7-11(17)5-6-19-13/h3-8,18H,9H2,1-2H3,(H,20,23)(H,21,22). The second-order valence-electron chi connectivity index (χ2n) is 5.28. The van der Waals surface area contributed by atoms with E-state index in [2.05, 4.69) is 20.3 Å². The third-order valence-corrected chi connectivity index (χ3v) is 5.19. The van der Waals surface area contributed by atoms with Crippen LogP contribution in [0.4, 0.5) is 5.69 Å². The highest BCUT2D eigenvalue weighted by Gasteiger charge is 2.16. The van der Waals surface area contributed by atoms with Gasteiger partial charge in [0.15, 0.2) is 0 Å². The molecule has 2 amide bonds. The van der Waals surface area contributed by atoms with Gasteiger partial charge in [0.2, 0.25) is 15.9 Å². The average molecular weight is 397 g/mol. The SMILES string of the molecule is CNS(=O)(=O)c1cc(NC(=O)CNC(=O)c2cc(Cl)ccn2)ccc1C. The van der Waals surface area contributed by atoms with Gasteiger partial charge >= 0.3 is 0 Å². The van der Waals surface area contributed by atoms with Gasteiger partial charge in [-0.15, -0.1) is 0 Å². The molecular formula is C16H17ClN4O4S. The van der Waals surface area contributed by atoms with Crippen molar-refractivity contribution in [2.24, 2.45) is 0 Å². The van der Waals surface area contributed by atoms with Crippen molar-refractivity contribution in [1.29, 1.82) is 0 Å². The van der Waals surface area contributed by atoms with Crippen molar-refractivity contribution in [2.45, 2.75) is 11.8 Å². The fourth-order valence-corrected chi connectivity index (χ4v) is 3.22. The summed E-state index contributed by atoms with van der Waals surface area (Å²) >= 11 is 5.78. The van der Waals surface area contributed by atoms with E-state index >= 15 is 0 Å². The number of sulfonamides is 1. The number of nitrogens with one attached hydrogen (secondary N) is 3. The summed E-state index contributed by atoms with van der Waals surface area (Å²) in [6, 6.07) is 7.40. The summed E-state index contributed by atoms with van der Waals surface area (Å²) in [5, 5.41) is 5.30. The van der Waals surface area contributed by atoms with Gasteiger partial charge in [0, 0.05) is 16.9 Å². The number of halogens is 1. The zero-order valence-corrected chi connectivity index (χ0v) is 15.6. The molecule has 10 heteroatoms. The van der Waals surface area contributed by atoms with Gasteiger partial charge in [-0.2, -0.15) is 0 Å². The minimum absolute atomic E-state index is 0.0602. The highest BCUT2D eigenvalue weighted by molar-refractivity contribution is 7.89. The van der Waals surface area contributed by atoms with Crippen LogP contribution >= 0.6 is 11.6 Å². The first-order valence-electron chi connectivity index (χ1n) is 7.47. The Bertz CT molecular complexity index is 947. The van der Waals surface area contributed by atoms with E-state index in [9.17, 15) is 18.0 Å². The number of rotatable bonds is 6. The highest BCUT2D eigenvalue weighted by Crippen LogP contribution is 2.19. The molecule has 0 radical (unpaired) electrons. The predicted molar refractivity (Wildman–Crippen MR) is 97.6 cm³/mol. The molecule has 1 aromatic heterocycles. The first-order chi connectivity index (χ1) is 12.2. The largest absolute Gasteiger partial charge is 0.342 e. The molecule has 0 atom stereocenters. The van der Waals surface area contributed by atoms with Crippen LogP contribution in [0, 0.1) is 6.92 Å². The summed E-state index contributed by atoms with van der Waals surface area (Å²) in [5.41, 5.74) is 0.922. The van der Waals surface area contributed by atoms with E-state index in [1.807, 2.05) is 0 Å². The lowest BCUT2D eigenvalue weighted by Crippen LogP contribution is -2.33. The van der Waals surface area contributed by atoms with Crippen LogP contribution in [0.2, 0.25) is 5.02 Å². The Kier molecular flexibility index (Phi) is 6.30. The average Bonchev–Trinajstić information content (AvgIpc) is 2.61. The Morgan fingerprint density at radius 3 is 2.58 bits per heavy atom. The lowest BCUT2D eigenvalue weighted by molar-refractivity contribution is -0.115. The zero-order valence-electron chi connectivity index (χ0n) is 14.0. The maximum atomic E-state index is 12.0. The van der Waals surface area contributed by atoms with Gasteiger partial charge in [-0.05, 0) is 43.8 Å². The van der Waals surface area contributed by atoms with Crippen LogP contribution in [0.15, 0.2) is 41.4 Å². The molecule has 0 spiro atoms. The predicted octanol–water partition coefficient (Wildman–Crippen LogP) is 1.32. The highest BCUT2D eigenvalue weighted by atomic mass is 35.5. The van der Waals surface area contributed by atoms with Crippen LogP contribution in [0.3, 0.4) is 0 Å². The molecule has 2 rings (SSSR count). The molecule has 2 aromatic rings. The number of benzene rings is 1. The zero-order chi connectivity index (χ0) is 19.3. The normalized spacial score (nSPS) is 11.0. The maximum Gasteiger partial charge on any atom is 0.270 e. The molecule has 1 heterocycles. The van der Waals surface area contributed by atoms with Crippen molar-refractivity contribution in [1.82, 2.24) is 15.0 Å². The third-order valence-electron chi connectivity index (χ3n) is 3.39. The molecule has 26 heavy (non-hydrogen) atoms. The van der Waals surface area contributed by atoms with Gasteiger partial charge in [0.1, 0.15) is 5.69 Å². The summed E-state index contributed by atoms with van der Waals surface area (Å²) in [4.78, 5) is 27.8. The van der Waals surface area contributed by atoms with E-state index in [1.54, 1.807) is 19.1 Å². The molecule has 3 N–H and O–H groups in total. The molecule has 0 saturated heterocycles. The summed E-state index contributed by atoms with van der Waals surface area (Å²) in [7, 11) is -2.34. The topological polar surface area (TPSA) is 117 Å². The van der Waals surface area contributed by atoms with Gasteiger partial charge in [-0.3, -0.25) is 14.6 Å². The molecule has 0 aliphatic heterocycles. The Labute approximate surface area is 156 Å². The number of carbonyl (C=O) groups is 2. The minimum Gasteiger partial charge on any atom is -0.342 e. The lowest BCUT2D eigenvalue weighted by atomic mass is 10.2. The van der Waals surface area contributed by atoms with E-state index in [-0.39, 0.29) is 17.1 Å². The summed E-state index contributed by atoms with van der Waals surface area (Å²) in [5.74, 6) is -1.07. The molecule has 0 aliphatic rings. The Hall–Kier alpha value is -2.49. The summed E-state index contributed by atoms with van der Waals surface area (Å²) < 4.78 is 26.1. The van der Waals surface area contributed by atoms with E-state index in [0.717, 1.165) is 0 Å². The first kappa shape index (κ1) is 19.8. The molecule has 0 saturated carbocycles. The van der Waals surface area contributed by atoms with E-state index in [4.69, 9.17) is 11.6 Å². The van der Waals surface area contributed by atoms with E-state index in [0.29, 0.717) is 16.3 Å². The third kappa shape index (κ3) is 5.01. The molecule has 138 valence electrons. The lowest BCUT2D eigenvalue weighted by Gasteiger charge is -2.11. The maximum absolute atomic E-state index is 12.0. The smallest absolute Gasteiger partial charge is 0.270 e. The number of nitrogens with zero attached hydrogens (tertiary/aromatic N) is 1. The van der Waals surface area contributed by atoms with Gasteiger partial charge in [0.05, 0.1) is 11.4 Å². The Morgan fingerprint density at radius 1 is 1.19 bits per heavy atom. The van der Waals surface area contributed by atoms with Crippen LogP contribution in [-0.2, 0) is 14.8 Å². The molecular weight excluding hydrogens is 380 g/mol. The van der Waals surface area contributed by atoms with Gasteiger partial charge in [-0.1, -0.05) is 17.7 Å². The number of aromatic nitrogens is 1. The molecule has 0 aliphatic carbocycles. The van der Waals surface area contributed by atoms with Crippen LogP contribution in [0.25, 0.3) is 0 Å². The monoisotopic (exact) mass is 396 g/mol. The number of hydrogen-bond donors (Lipinski definition) is 3. The number of carbonyl (C=O) groups excluding carboxylic acids is 2. The van der Waals surface area contributed by atoms with Crippen LogP contribution < -0.4 is 15.4 Å². The van der Waals surface area contributed by atoms with Gasteiger partial charge < -0.3 is 10.6 Å². The number of amides is 2. The molecule has 8 nitrogen and oxygen atoms in total. The first-order valence-corrected chi connectivity index (χ1v) is 9.33. The second kappa shape index (κ2) is 8.26. The molecule has 0 bridgehead atoms. The quantitative estimate of drug-likeness (QED) is 0.680. The Morgan fingerprint density at radius 2 is 1.92 bits per heavy atom. The molecule has 0 fully saturated rings. The molecule has 0 unspecified atom stereocenters. The minimum atomic E-state index is -3.64. The number of anilines is 1. The number of hydrogen-bond acceptors (Lipinski definition) is 5.